The van der Waals surface area contributed by atoms with Gasteiger partial charge in [-0.3, -0.25) is 9.69 Å². The molecule has 140 valence electrons. The van der Waals surface area contributed by atoms with Gasteiger partial charge in [-0.1, -0.05) is 31.9 Å². The lowest BCUT2D eigenvalue weighted by Crippen LogP contribution is -2.32. The van der Waals surface area contributed by atoms with Crippen molar-refractivity contribution in [3.05, 3.63) is 60.6 Å². The van der Waals surface area contributed by atoms with Crippen LogP contribution in [0.25, 0.3) is 10.8 Å². The van der Waals surface area contributed by atoms with E-state index in [4.69, 9.17) is 4.99 Å². The van der Waals surface area contributed by atoms with Gasteiger partial charge >= 0.3 is 0 Å². The minimum absolute atomic E-state index is 0.135. The maximum atomic E-state index is 13.6. The average molecular weight is 823 g/mol. The van der Waals surface area contributed by atoms with Crippen molar-refractivity contribution in [1.82, 2.24) is 0 Å². The van der Waals surface area contributed by atoms with E-state index in [1.807, 2.05) is 18.2 Å². The van der Waals surface area contributed by atoms with E-state index in [9.17, 15) is 4.79 Å². The van der Waals surface area contributed by atoms with Crippen molar-refractivity contribution < 1.29 is 4.79 Å². The van der Waals surface area contributed by atoms with Crippen LogP contribution in [0.1, 0.15) is 15.9 Å². The van der Waals surface area contributed by atoms with Crippen LogP contribution in [0.4, 0.5) is 11.4 Å². The molecule has 1 amide bonds. The predicted molar refractivity (Wildman–Crippen MR) is 137 cm³/mol. The number of amidine groups is 1. The molecule has 3 nitrogen and oxygen atoms in total. The molecule has 2 aliphatic heterocycles. The number of rotatable bonds is 0. The number of aliphatic imine (C=N–C) groups is 1. The van der Waals surface area contributed by atoms with Crippen LogP contribution in [0, 0.1) is 0 Å². The van der Waals surface area contributed by atoms with Crippen LogP contribution in [0.15, 0.2) is 54.5 Å². The third kappa shape index (κ3) is 2.58. The standard InChI is InChI=1S/C18H3Br7N2O/c19-4-1-2-7-9-8(4)5(20)3-6(21)16(9)27-17(26-7)10-11(18(27)28)13(23)15(25)14(24)12(10)22/h1-3H. The second kappa shape index (κ2) is 6.97. The SMILES string of the molecule is O=C1c2c(Br)c(Br)c(Br)c(Br)c2C2=Nc3ccc(Br)c4c(Br)cc(Br)c(c34)N12. The molecule has 0 aromatic heterocycles. The van der Waals surface area contributed by atoms with Crippen LogP contribution in [-0.4, -0.2) is 11.7 Å². The maximum absolute atomic E-state index is 13.6. The molecule has 0 spiro atoms. The summed E-state index contributed by atoms with van der Waals surface area (Å²) in [4.78, 5) is 20.1. The summed E-state index contributed by atoms with van der Waals surface area (Å²) in [5, 5.41) is 1.88. The molecule has 2 heterocycles. The Kier molecular flexibility index (Phi) is 5.06. The van der Waals surface area contributed by atoms with E-state index in [0.717, 1.165) is 54.5 Å². The maximum Gasteiger partial charge on any atom is 0.266 e. The molecular weight excluding hydrogens is 820 g/mol. The van der Waals surface area contributed by atoms with Crippen LogP contribution in [0.5, 0.6) is 0 Å². The minimum atomic E-state index is -0.135. The third-order valence-corrected chi connectivity index (χ3v) is 11.3. The molecule has 0 bridgehead atoms. The smallest absolute Gasteiger partial charge is 0.266 e. The fourth-order valence-electron chi connectivity index (χ4n) is 3.51. The summed E-state index contributed by atoms with van der Waals surface area (Å²) < 4.78 is 5.71. The molecule has 0 saturated carbocycles. The highest BCUT2D eigenvalue weighted by molar-refractivity contribution is 9.15. The van der Waals surface area contributed by atoms with Crippen molar-refractivity contribution in [3.8, 4) is 0 Å². The van der Waals surface area contributed by atoms with Crippen molar-refractivity contribution in [2.24, 2.45) is 4.99 Å². The monoisotopic (exact) mass is 815 g/mol. The molecule has 0 saturated heterocycles. The van der Waals surface area contributed by atoms with Crippen LogP contribution in [-0.2, 0) is 0 Å². The first-order valence-electron chi connectivity index (χ1n) is 7.63. The number of hydrogen-bond acceptors (Lipinski definition) is 2. The Bertz CT molecular complexity index is 1320. The molecule has 0 aliphatic carbocycles. The zero-order chi connectivity index (χ0) is 20.1. The molecular formula is C18H3Br7N2O. The Morgan fingerprint density at radius 3 is 2.04 bits per heavy atom. The normalized spacial score (nSPS) is 14.5. The summed E-state index contributed by atoms with van der Waals surface area (Å²) in [6.07, 6.45) is 0. The van der Waals surface area contributed by atoms with Crippen LogP contribution in [0.3, 0.4) is 0 Å². The Balaban J connectivity index is 1.97. The Hall–Kier alpha value is 0.420. The van der Waals surface area contributed by atoms with E-state index in [0.29, 0.717) is 15.9 Å². The minimum Gasteiger partial charge on any atom is -0.268 e. The number of nitrogens with zero attached hydrogens (tertiary/aromatic N) is 2. The Morgan fingerprint density at radius 2 is 1.36 bits per heavy atom. The first-order chi connectivity index (χ1) is 13.2. The van der Waals surface area contributed by atoms with E-state index in [2.05, 4.69) is 112 Å². The summed E-state index contributed by atoms with van der Waals surface area (Å²) in [6.45, 7) is 0. The fraction of sp³-hybridized carbons (Fsp3) is 0. The van der Waals surface area contributed by atoms with Gasteiger partial charge < -0.3 is 0 Å². The highest BCUT2D eigenvalue weighted by Crippen LogP contribution is 2.53. The summed E-state index contributed by atoms with van der Waals surface area (Å²) in [6, 6.07) is 5.89. The zero-order valence-electron chi connectivity index (χ0n) is 13.2. The number of carbonyl (C=O) groups is 1. The van der Waals surface area contributed by atoms with Gasteiger partial charge in [0.1, 0.15) is 5.84 Å². The molecule has 3 aromatic rings. The molecule has 10 heteroatoms. The Morgan fingerprint density at radius 1 is 0.714 bits per heavy atom. The van der Waals surface area contributed by atoms with Gasteiger partial charge in [0.25, 0.3) is 5.91 Å². The molecule has 3 aromatic carbocycles. The highest BCUT2D eigenvalue weighted by atomic mass is 79.9. The number of hydrogen-bond donors (Lipinski definition) is 0. The van der Waals surface area contributed by atoms with Crippen LogP contribution >= 0.6 is 112 Å². The summed E-state index contributed by atoms with van der Waals surface area (Å²) >= 11 is 25.3. The van der Waals surface area contributed by atoms with Crippen molar-refractivity contribution in [1.29, 1.82) is 0 Å². The second-order valence-corrected chi connectivity index (χ2v) is 11.8. The van der Waals surface area contributed by atoms with E-state index in [1.54, 1.807) is 4.90 Å². The van der Waals surface area contributed by atoms with Gasteiger partial charge in [0.2, 0.25) is 0 Å². The van der Waals surface area contributed by atoms with Gasteiger partial charge in [0, 0.05) is 47.6 Å². The van der Waals surface area contributed by atoms with E-state index >= 15 is 0 Å². The number of fused-ring (bicyclic) bond motifs is 4. The topological polar surface area (TPSA) is 32.7 Å². The molecule has 0 fully saturated rings. The second-order valence-electron chi connectivity index (χ2n) is 6.09. The quantitative estimate of drug-likeness (QED) is 0.165. The fourth-order valence-corrected chi connectivity index (χ4v) is 8.34. The lowest BCUT2D eigenvalue weighted by Gasteiger charge is -2.26. The van der Waals surface area contributed by atoms with Crippen molar-refractivity contribution in [2.75, 3.05) is 4.90 Å². The van der Waals surface area contributed by atoms with Gasteiger partial charge in [-0.2, -0.15) is 0 Å². The van der Waals surface area contributed by atoms with Crippen molar-refractivity contribution >= 4 is 145 Å². The first-order valence-corrected chi connectivity index (χ1v) is 13.2. The van der Waals surface area contributed by atoms with E-state index < -0.39 is 0 Å². The van der Waals surface area contributed by atoms with Gasteiger partial charge in [0.05, 0.1) is 16.9 Å². The molecule has 5 rings (SSSR count). The van der Waals surface area contributed by atoms with Crippen LogP contribution < -0.4 is 4.90 Å². The van der Waals surface area contributed by atoms with Crippen molar-refractivity contribution in [3.63, 3.8) is 0 Å². The summed E-state index contributed by atoms with van der Waals surface area (Å²) in [5.74, 6) is 0.462. The average Bonchev–Trinajstić information content (AvgIpc) is 2.94. The predicted octanol–water partition coefficient (Wildman–Crippen LogP) is 9.23. The van der Waals surface area contributed by atoms with Crippen LogP contribution in [0.2, 0.25) is 0 Å². The molecule has 2 aliphatic rings. The highest BCUT2D eigenvalue weighted by Gasteiger charge is 2.43. The molecule has 28 heavy (non-hydrogen) atoms. The number of anilines is 1. The van der Waals surface area contributed by atoms with Gasteiger partial charge in [-0.05, 0) is 97.8 Å². The molecule has 0 atom stereocenters. The van der Waals surface area contributed by atoms with Gasteiger partial charge in [-0.25, -0.2) is 4.99 Å². The molecule has 0 radical (unpaired) electrons. The third-order valence-electron chi connectivity index (χ3n) is 4.66. The number of carbonyl (C=O) groups excluding carboxylic acids is 1. The number of amides is 1. The summed E-state index contributed by atoms with van der Waals surface area (Å²) in [7, 11) is 0. The van der Waals surface area contributed by atoms with Gasteiger partial charge in [0.15, 0.2) is 0 Å². The van der Waals surface area contributed by atoms with Crippen molar-refractivity contribution in [2.45, 2.75) is 0 Å². The lowest BCUT2D eigenvalue weighted by molar-refractivity contribution is 0.101. The Labute approximate surface area is 218 Å². The number of benzene rings is 3. The largest absolute Gasteiger partial charge is 0.268 e. The molecule has 0 N–H and O–H groups in total. The van der Waals surface area contributed by atoms with E-state index in [-0.39, 0.29) is 5.91 Å². The zero-order valence-corrected chi connectivity index (χ0v) is 24.3. The molecule has 0 unspecified atom stereocenters. The van der Waals surface area contributed by atoms with Gasteiger partial charge in [-0.15, -0.1) is 0 Å². The first kappa shape index (κ1) is 20.3. The number of halogens is 7. The van der Waals surface area contributed by atoms with E-state index in [1.165, 1.54) is 0 Å². The summed E-state index contributed by atoms with van der Waals surface area (Å²) in [5.41, 5.74) is 2.91. The lowest BCUT2D eigenvalue weighted by atomic mass is 10.0.